The number of aromatic nitrogens is 1. The third-order valence-electron chi connectivity index (χ3n) is 1.95. The third-order valence-corrected chi connectivity index (χ3v) is 1.95. The molecule has 6 nitrogen and oxygen atoms in total. The van der Waals surface area contributed by atoms with Crippen LogP contribution in [0.5, 0.6) is 0 Å². The lowest BCUT2D eigenvalue weighted by molar-refractivity contribution is -0.149. The van der Waals surface area contributed by atoms with Gasteiger partial charge in [0.1, 0.15) is 0 Å². The number of amides is 1. The molecule has 1 heterocycles. The predicted octanol–water partition coefficient (Wildman–Crippen LogP) is -0.516. The summed E-state index contributed by atoms with van der Waals surface area (Å²) in [6.07, 6.45) is 0.675. The van der Waals surface area contributed by atoms with Gasteiger partial charge in [0.15, 0.2) is 11.9 Å². The first kappa shape index (κ1) is 13.0. The van der Waals surface area contributed by atoms with E-state index < -0.39 is 23.8 Å². The average Bonchev–Trinajstić information content (AvgIpc) is 2.35. The van der Waals surface area contributed by atoms with E-state index in [9.17, 15) is 19.1 Å². The van der Waals surface area contributed by atoms with E-state index >= 15 is 0 Å². The van der Waals surface area contributed by atoms with Crippen molar-refractivity contribution in [3.8, 4) is 0 Å². The van der Waals surface area contributed by atoms with Gasteiger partial charge in [0.25, 0.3) is 5.91 Å². The number of pyridine rings is 1. The number of esters is 1. The van der Waals surface area contributed by atoms with Crippen LogP contribution in [0.2, 0.25) is 0 Å². The van der Waals surface area contributed by atoms with Gasteiger partial charge in [-0.1, -0.05) is 0 Å². The Hall–Kier alpha value is -2.02. The van der Waals surface area contributed by atoms with Gasteiger partial charge in [0.05, 0.1) is 25.4 Å². The molecule has 1 rings (SSSR count). The Morgan fingerprint density at radius 2 is 2.35 bits per heavy atom. The second-order valence-corrected chi connectivity index (χ2v) is 3.10. The molecule has 17 heavy (non-hydrogen) atoms. The first-order valence-electron chi connectivity index (χ1n) is 4.70. The highest BCUT2D eigenvalue weighted by molar-refractivity contribution is 5.94. The number of aliphatic hydroxyl groups is 1. The fraction of sp³-hybridized carbons (Fsp3) is 0.300. The van der Waals surface area contributed by atoms with Crippen molar-refractivity contribution in [1.82, 2.24) is 10.3 Å². The van der Waals surface area contributed by atoms with Crippen LogP contribution in [0, 0.1) is 5.82 Å². The molecule has 0 aliphatic rings. The maximum Gasteiger partial charge on any atom is 0.336 e. The van der Waals surface area contributed by atoms with Gasteiger partial charge in [0, 0.05) is 6.20 Å². The predicted molar refractivity (Wildman–Crippen MR) is 54.6 cm³/mol. The number of nitrogens with zero attached hydrogens (tertiary/aromatic N) is 1. The molecule has 1 aromatic heterocycles. The standard InChI is InChI=1S/C10H11FN2O4/c1-17-10(16)8(14)5-13-9(15)6-2-3-12-4-7(6)11/h2-4,8,14H,5H2,1H3,(H,13,15). The summed E-state index contributed by atoms with van der Waals surface area (Å²) in [4.78, 5) is 25.7. The summed E-state index contributed by atoms with van der Waals surface area (Å²) in [6.45, 7) is -0.354. The Labute approximate surface area is 96.4 Å². The number of rotatable bonds is 4. The van der Waals surface area contributed by atoms with Crippen LogP contribution in [0.15, 0.2) is 18.5 Å². The number of ether oxygens (including phenoxy) is 1. The average molecular weight is 242 g/mol. The number of aliphatic hydroxyl groups excluding tert-OH is 1. The topological polar surface area (TPSA) is 88.5 Å². The molecule has 0 bridgehead atoms. The fourth-order valence-electron chi connectivity index (χ4n) is 1.06. The normalized spacial score (nSPS) is 11.7. The Morgan fingerprint density at radius 3 is 2.94 bits per heavy atom. The van der Waals surface area contributed by atoms with Gasteiger partial charge in [-0.2, -0.15) is 0 Å². The molecular weight excluding hydrogens is 231 g/mol. The summed E-state index contributed by atoms with van der Waals surface area (Å²) in [5.41, 5.74) is -0.211. The summed E-state index contributed by atoms with van der Waals surface area (Å²) in [5.74, 6) is -2.40. The molecule has 1 amide bonds. The molecule has 0 fully saturated rings. The lowest BCUT2D eigenvalue weighted by Crippen LogP contribution is -2.37. The minimum atomic E-state index is -1.48. The van der Waals surface area contributed by atoms with Crippen LogP contribution in [0.3, 0.4) is 0 Å². The number of halogens is 1. The lowest BCUT2D eigenvalue weighted by atomic mass is 10.2. The Balaban J connectivity index is 2.57. The summed E-state index contributed by atoms with van der Waals surface area (Å²) in [6, 6.07) is 1.19. The number of carbonyl (C=O) groups is 2. The van der Waals surface area contributed by atoms with Crippen molar-refractivity contribution in [3.63, 3.8) is 0 Å². The van der Waals surface area contributed by atoms with E-state index in [-0.39, 0.29) is 12.1 Å². The van der Waals surface area contributed by atoms with Crippen LogP contribution in [0.1, 0.15) is 10.4 Å². The Morgan fingerprint density at radius 1 is 1.65 bits per heavy atom. The van der Waals surface area contributed by atoms with Crippen LogP contribution < -0.4 is 5.32 Å². The molecule has 2 N–H and O–H groups in total. The number of carbonyl (C=O) groups excluding carboxylic acids is 2. The molecule has 7 heteroatoms. The van der Waals surface area contributed by atoms with Crippen LogP contribution in [-0.2, 0) is 9.53 Å². The summed E-state index contributed by atoms with van der Waals surface area (Å²) in [7, 11) is 1.11. The molecular formula is C10H11FN2O4. The van der Waals surface area contributed by atoms with Crippen LogP contribution in [0.4, 0.5) is 4.39 Å². The van der Waals surface area contributed by atoms with Crippen molar-refractivity contribution in [2.75, 3.05) is 13.7 Å². The molecule has 0 aromatic carbocycles. The van der Waals surface area contributed by atoms with Gasteiger partial charge in [-0.3, -0.25) is 9.78 Å². The molecule has 1 atom stereocenters. The molecule has 0 saturated carbocycles. The SMILES string of the molecule is COC(=O)C(O)CNC(=O)c1ccncc1F. The minimum absolute atomic E-state index is 0.211. The van der Waals surface area contributed by atoms with E-state index in [0.29, 0.717) is 0 Å². The van der Waals surface area contributed by atoms with Crippen molar-refractivity contribution in [2.45, 2.75) is 6.10 Å². The lowest BCUT2D eigenvalue weighted by Gasteiger charge is -2.09. The first-order chi connectivity index (χ1) is 8.06. The summed E-state index contributed by atoms with van der Waals surface area (Å²) in [5, 5.41) is 11.4. The van der Waals surface area contributed by atoms with Crippen molar-refractivity contribution in [1.29, 1.82) is 0 Å². The number of methoxy groups -OCH3 is 1. The van der Waals surface area contributed by atoms with Gasteiger partial charge < -0.3 is 15.2 Å². The maximum atomic E-state index is 13.1. The maximum absolute atomic E-state index is 13.1. The largest absolute Gasteiger partial charge is 0.467 e. The zero-order valence-corrected chi connectivity index (χ0v) is 9.01. The fourth-order valence-corrected chi connectivity index (χ4v) is 1.06. The smallest absolute Gasteiger partial charge is 0.336 e. The van der Waals surface area contributed by atoms with E-state index in [1.54, 1.807) is 0 Å². The van der Waals surface area contributed by atoms with Gasteiger partial charge in [-0.25, -0.2) is 9.18 Å². The molecule has 0 aliphatic heterocycles. The number of hydrogen-bond acceptors (Lipinski definition) is 5. The highest BCUT2D eigenvalue weighted by Gasteiger charge is 2.18. The zero-order valence-electron chi connectivity index (χ0n) is 9.01. The van der Waals surface area contributed by atoms with Gasteiger partial charge in [-0.05, 0) is 6.07 Å². The third kappa shape index (κ3) is 3.49. The minimum Gasteiger partial charge on any atom is -0.467 e. The molecule has 1 unspecified atom stereocenters. The highest BCUT2D eigenvalue weighted by atomic mass is 19.1. The monoisotopic (exact) mass is 242 g/mol. The van der Waals surface area contributed by atoms with Crippen LogP contribution in [-0.4, -0.2) is 41.7 Å². The second-order valence-electron chi connectivity index (χ2n) is 3.10. The quantitative estimate of drug-likeness (QED) is 0.694. The number of nitrogens with one attached hydrogen (secondary N) is 1. The van der Waals surface area contributed by atoms with Gasteiger partial charge in [0.2, 0.25) is 0 Å². The van der Waals surface area contributed by atoms with Gasteiger partial charge in [-0.15, -0.1) is 0 Å². The van der Waals surface area contributed by atoms with E-state index in [1.165, 1.54) is 12.3 Å². The molecule has 0 saturated heterocycles. The zero-order chi connectivity index (χ0) is 12.8. The second kappa shape index (κ2) is 5.90. The first-order valence-corrected chi connectivity index (χ1v) is 4.70. The van der Waals surface area contributed by atoms with E-state index in [4.69, 9.17) is 0 Å². The molecule has 0 spiro atoms. The van der Waals surface area contributed by atoms with Crippen molar-refractivity contribution in [2.24, 2.45) is 0 Å². The van der Waals surface area contributed by atoms with Crippen molar-refractivity contribution >= 4 is 11.9 Å². The van der Waals surface area contributed by atoms with E-state index in [1.807, 2.05) is 0 Å². The van der Waals surface area contributed by atoms with Crippen LogP contribution >= 0.6 is 0 Å². The number of hydrogen-bond donors (Lipinski definition) is 2. The summed E-state index contributed by atoms with van der Waals surface area (Å²) >= 11 is 0. The van der Waals surface area contributed by atoms with Gasteiger partial charge >= 0.3 is 5.97 Å². The van der Waals surface area contributed by atoms with E-state index in [2.05, 4.69) is 15.0 Å². The highest BCUT2D eigenvalue weighted by Crippen LogP contribution is 2.03. The van der Waals surface area contributed by atoms with Crippen molar-refractivity contribution in [3.05, 3.63) is 29.8 Å². The molecule has 92 valence electrons. The van der Waals surface area contributed by atoms with E-state index in [0.717, 1.165) is 13.3 Å². The Kier molecular flexibility index (Phi) is 4.53. The molecule has 0 radical (unpaired) electrons. The molecule has 1 aromatic rings. The Bertz CT molecular complexity index is 425. The molecule has 0 aliphatic carbocycles. The van der Waals surface area contributed by atoms with Crippen LogP contribution in [0.25, 0.3) is 0 Å². The van der Waals surface area contributed by atoms with Crippen molar-refractivity contribution < 1.29 is 23.8 Å². The summed E-state index contributed by atoms with van der Waals surface area (Å²) < 4.78 is 17.4.